The molecule has 0 spiro atoms. The summed E-state index contributed by atoms with van der Waals surface area (Å²) in [7, 11) is 0. The number of unbranched alkanes of at least 4 members (excludes halogenated alkanes) is 2. The Labute approximate surface area is 109 Å². The van der Waals surface area contributed by atoms with Gasteiger partial charge in [-0.3, -0.25) is 0 Å². The van der Waals surface area contributed by atoms with Gasteiger partial charge in [0.25, 0.3) is 0 Å². The van der Waals surface area contributed by atoms with Gasteiger partial charge in [0.1, 0.15) is 0 Å². The highest BCUT2D eigenvalue weighted by molar-refractivity contribution is 5.00. The predicted molar refractivity (Wildman–Crippen MR) is 68.6 cm³/mol. The molecule has 0 aromatic carbocycles. The first-order valence-electron chi connectivity index (χ1n) is 7.04. The van der Waals surface area contributed by atoms with Crippen molar-refractivity contribution in [2.75, 3.05) is 0 Å². The molecule has 1 rings (SSSR count). The molecule has 4 nitrogen and oxygen atoms in total. The Kier molecular flexibility index (Phi) is 6.62. The molecule has 1 aliphatic rings. The number of rotatable bonds is 7. The molecule has 5 unspecified atom stereocenters. The van der Waals surface area contributed by atoms with Crippen LogP contribution in [-0.2, 0) is 0 Å². The summed E-state index contributed by atoms with van der Waals surface area (Å²) in [5, 5.41) is 38.1. The van der Waals surface area contributed by atoms with E-state index in [-0.39, 0.29) is 17.9 Å². The average molecular weight is 255 g/mol. The molecule has 0 heterocycles. The highest BCUT2D eigenvalue weighted by Crippen LogP contribution is 2.35. The quantitative estimate of drug-likeness (QED) is 0.603. The van der Waals surface area contributed by atoms with E-state index >= 15 is 0 Å². The maximum absolute atomic E-state index is 9.82. The average Bonchev–Trinajstić information content (AvgIpc) is 2.63. The van der Waals surface area contributed by atoms with E-state index in [0.29, 0.717) is 19.3 Å². The van der Waals surface area contributed by atoms with E-state index in [0.717, 1.165) is 25.7 Å². The van der Waals surface area contributed by atoms with E-state index in [2.05, 4.69) is 13.0 Å². The molecule has 0 bridgehead atoms. The van der Waals surface area contributed by atoms with Crippen molar-refractivity contribution in [1.82, 2.24) is 0 Å². The van der Waals surface area contributed by atoms with E-state index in [1.54, 1.807) is 0 Å². The predicted octanol–water partition coefficient (Wildman–Crippen LogP) is 1.59. The Morgan fingerprint density at radius 2 is 2.00 bits per heavy atom. The van der Waals surface area contributed by atoms with Crippen LogP contribution in [0.1, 0.15) is 51.9 Å². The van der Waals surface area contributed by atoms with Gasteiger partial charge in [0.15, 0.2) is 0 Å². The molecular weight excluding hydrogens is 230 g/mol. The van der Waals surface area contributed by atoms with Gasteiger partial charge in [0, 0.05) is 5.92 Å². The Morgan fingerprint density at radius 3 is 2.61 bits per heavy atom. The van der Waals surface area contributed by atoms with Gasteiger partial charge in [-0.25, -0.2) is 0 Å². The molecule has 1 aliphatic carbocycles. The molecule has 104 valence electrons. The number of nitrogens with zero attached hydrogens (tertiary/aromatic N) is 1. The van der Waals surface area contributed by atoms with Crippen LogP contribution in [0, 0.1) is 23.2 Å². The molecule has 1 saturated carbocycles. The van der Waals surface area contributed by atoms with E-state index in [9.17, 15) is 15.3 Å². The Morgan fingerprint density at radius 1 is 1.28 bits per heavy atom. The van der Waals surface area contributed by atoms with Crippen LogP contribution >= 0.6 is 0 Å². The van der Waals surface area contributed by atoms with Crippen LogP contribution in [0.4, 0.5) is 0 Å². The molecule has 0 aliphatic heterocycles. The summed E-state index contributed by atoms with van der Waals surface area (Å²) in [5.74, 6) is -0.469. The monoisotopic (exact) mass is 255 g/mol. The van der Waals surface area contributed by atoms with Gasteiger partial charge in [-0.2, -0.15) is 5.26 Å². The van der Waals surface area contributed by atoms with Gasteiger partial charge >= 0.3 is 0 Å². The second-order valence-electron chi connectivity index (χ2n) is 5.42. The fourth-order valence-corrected chi connectivity index (χ4v) is 2.78. The summed E-state index contributed by atoms with van der Waals surface area (Å²) >= 11 is 0. The molecule has 3 N–H and O–H groups in total. The van der Waals surface area contributed by atoms with Crippen LogP contribution in [0.5, 0.6) is 0 Å². The summed E-state index contributed by atoms with van der Waals surface area (Å²) in [6, 6.07) is 2.15. The van der Waals surface area contributed by atoms with Crippen molar-refractivity contribution < 1.29 is 15.3 Å². The maximum atomic E-state index is 9.82. The van der Waals surface area contributed by atoms with Crippen LogP contribution in [0.3, 0.4) is 0 Å². The van der Waals surface area contributed by atoms with Gasteiger partial charge in [-0.1, -0.05) is 26.2 Å². The third-order valence-corrected chi connectivity index (χ3v) is 3.99. The molecule has 5 atom stereocenters. The maximum Gasteiger partial charge on any atom is 0.0840 e. The lowest BCUT2D eigenvalue weighted by Crippen LogP contribution is -2.27. The number of aliphatic hydroxyl groups is 3. The van der Waals surface area contributed by atoms with Crippen molar-refractivity contribution in [2.45, 2.75) is 70.2 Å². The van der Waals surface area contributed by atoms with E-state index in [1.165, 1.54) is 0 Å². The fourth-order valence-electron chi connectivity index (χ4n) is 2.78. The molecule has 0 aromatic rings. The molecule has 4 heteroatoms. The van der Waals surface area contributed by atoms with Crippen LogP contribution in [0.2, 0.25) is 0 Å². The zero-order chi connectivity index (χ0) is 13.5. The topological polar surface area (TPSA) is 84.5 Å². The van der Waals surface area contributed by atoms with Gasteiger partial charge in [-0.15, -0.1) is 0 Å². The Bertz CT molecular complexity index is 277. The number of hydrogen-bond donors (Lipinski definition) is 3. The van der Waals surface area contributed by atoms with Gasteiger partial charge in [0.2, 0.25) is 0 Å². The molecular formula is C14H25NO3. The van der Waals surface area contributed by atoms with Crippen molar-refractivity contribution in [3.8, 4) is 6.07 Å². The van der Waals surface area contributed by atoms with Crippen LogP contribution in [0.25, 0.3) is 0 Å². The molecule has 0 saturated heterocycles. The number of nitriles is 1. The van der Waals surface area contributed by atoms with Gasteiger partial charge < -0.3 is 15.3 Å². The zero-order valence-corrected chi connectivity index (χ0v) is 11.1. The fraction of sp³-hybridized carbons (Fsp3) is 0.929. The first-order valence-corrected chi connectivity index (χ1v) is 7.04. The number of aliphatic hydroxyl groups excluding tert-OH is 3. The summed E-state index contributed by atoms with van der Waals surface area (Å²) in [5.41, 5.74) is 0. The van der Waals surface area contributed by atoms with Crippen LogP contribution in [-0.4, -0.2) is 33.6 Å². The van der Waals surface area contributed by atoms with Crippen molar-refractivity contribution in [3.05, 3.63) is 0 Å². The van der Waals surface area contributed by atoms with Crippen molar-refractivity contribution in [3.63, 3.8) is 0 Å². The third kappa shape index (κ3) is 4.24. The minimum absolute atomic E-state index is 0.189. The summed E-state index contributed by atoms with van der Waals surface area (Å²) in [6.45, 7) is 2.13. The number of hydrogen-bond acceptors (Lipinski definition) is 4. The van der Waals surface area contributed by atoms with E-state index in [1.807, 2.05) is 0 Å². The lowest BCUT2D eigenvalue weighted by Gasteiger charge is -2.20. The SMILES string of the molecule is CCCCCC(O)CCC1C(C#N)CC(O)C1O. The highest BCUT2D eigenvalue weighted by Gasteiger charge is 2.41. The summed E-state index contributed by atoms with van der Waals surface area (Å²) in [6.07, 6.45) is 3.72. The molecule has 0 aromatic heterocycles. The lowest BCUT2D eigenvalue weighted by molar-refractivity contribution is 0.0138. The Balaban J connectivity index is 2.31. The zero-order valence-electron chi connectivity index (χ0n) is 11.1. The van der Waals surface area contributed by atoms with Crippen LogP contribution < -0.4 is 0 Å². The molecule has 0 amide bonds. The van der Waals surface area contributed by atoms with E-state index in [4.69, 9.17) is 5.26 Å². The van der Waals surface area contributed by atoms with Crippen molar-refractivity contribution >= 4 is 0 Å². The highest BCUT2D eigenvalue weighted by atomic mass is 16.3. The minimum atomic E-state index is -0.808. The minimum Gasteiger partial charge on any atom is -0.393 e. The van der Waals surface area contributed by atoms with Crippen LogP contribution in [0.15, 0.2) is 0 Å². The Hall–Kier alpha value is -0.630. The second-order valence-corrected chi connectivity index (χ2v) is 5.42. The first-order chi connectivity index (χ1) is 8.60. The largest absolute Gasteiger partial charge is 0.393 e. The first kappa shape index (κ1) is 15.4. The second kappa shape index (κ2) is 7.73. The summed E-state index contributed by atoms with van der Waals surface area (Å²) in [4.78, 5) is 0. The van der Waals surface area contributed by atoms with Gasteiger partial charge in [-0.05, 0) is 25.7 Å². The third-order valence-electron chi connectivity index (χ3n) is 3.99. The molecule has 18 heavy (non-hydrogen) atoms. The standard InChI is InChI=1S/C14H25NO3/c1-2-3-4-5-11(16)6-7-12-10(9-15)8-13(17)14(12)18/h10-14,16-18H,2-8H2,1H3. The van der Waals surface area contributed by atoms with Gasteiger partial charge in [0.05, 0.1) is 30.3 Å². The molecule has 0 radical (unpaired) electrons. The van der Waals surface area contributed by atoms with Crippen molar-refractivity contribution in [1.29, 1.82) is 5.26 Å². The summed E-state index contributed by atoms with van der Waals surface area (Å²) < 4.78 is 0. The van der Waals surface area contributed by atoms with Crippen molar-refractivity contribution in [2.24, 2.45) is 11.8 Å². The molecule has 1 fully saturated rings. The normalized spacial score (nSPS) is 33.3. The smallest absolute Gasteiger partial charge is 0.0840 e. The lowest BCUT2D eigenvalue weighted by atomic mass is 9.89. The van der Waals surface area contributed by atoms with E-state index < -0.39 is 12.2 Å².